The minimum Gasteiger partial charge on any atom is -0.497 e. The summed E-state index contributed by atoms with van der Waals surface area (Å²) in [4.78, 5) is 13.4. The summed E-state index contributed by atoms with van der Waals surface area (Å²) in [6.07, 6.45) is 0.440. The van der Waals surface area contributed by atoms with E-state index in [1.165, 1.54) is 11.5 Å². The fraction of sp³-hybridized carbons (Fsp3) is 0.158. The second-order valence-electron chi connectivity index (χ2n) is 5.71. The Morgan fingerprint density at radius 3 is 2.58 bits per heavy atom. The molecule has 4 nitrogen and oxygen atoms in total. The number of ether oxygens (including phenoxy) is 1. The van der Waals surface area contributed by atoms with Crippen molar-refractivity contribution in [1.29, 1.82) is 0 Å². The summed E-state index contributed by atoms with van der Waals surface area (Å²) in [5.41, 5.74) is 3.83. The normalized spacial score (nSPS) is 16.4. The van der Waals surface area contributed by atoms with Crippen LogP contribution in [0.3, 0.4) is 0 Å². The largest absolute Gasteiger partial charge is 0.497 e. The molecule has 0 saturated heterocycles. The van der Waals surface area contributed by atoms with E-state index in [2.05, 4.69) is 9.69 Å². The van der Waals surface area contributed by atoms with Crippen LogP contribution in [-0.4, -0.2) is 17.4 Å². The molecule has 120 valence electrons. The molecule has 0 saturated carbocycles. The Morgan fingerprint density at radius 2 is 1.88 bits per heavy atom. The van der Waals surface area contributed by atoms with E-state index >= 15 is 0 Å². The summed E-state index contributed by atoms with van der Waals surface area (Å²) < 4.78 is 9.83. The summed E-state index contributed by atoms with van der Waals surface area (Å²) in [6.45, 7) is 0. The van der Waals surface area contributed by atoms with Crippen molar-refractivity contribution >= 4 is 23.1 Å². The van der Waals surface area contributed by atoms with Gasteiger partial charge in [0.2, 0.25) is 5.91 Å². The topological polar surface area (TPSA) is 51.2 Å². The molecular weight excluding hydrogens is 320 g/mol. The molecule has 0 fully saturated rings. The standard InChI is InChI=1S/C19H16N2O2S/c1-23-14-9-7-12(8-10-14)15-11-16(22)20-18-17(21-24-19(15)18)13-5-3-2-4-6-13/h2-10,15H,11H2,1H3,(H,20,22). The van der Waals surface area contributed by atoms with Crippen molar-refractivity contribution in [2.24, 2.45) is 0 Å². The minimum absolute atomic E-state index is 0.0284. The number of amides is 1. The van der Waals surface area contributed by atoms with E-state index in [1.54, 1.807) is 7.11 Å². The predicted molar refractivity (Wildman–Crippen MR) is 95.6 cm³/mol. The highest BCUT2D eigenvalue weighted by atomic mass is 32.1. The van der Waals surface area contributed by atoms with Crippen molar-refractivity contribution in [2.45, 2.75) is 12.3 Å². The number of fused-ring (bicyclic) bond motifs is 1. The third-order valence-corrected chi connectivity index (χ3v) is 5.21. The quantitative estimate of drug-likeness (QED) is 0.776. The predicted octanol–water partition coefficient (Wildman–Crippen LogP) is 4.29. The first-order valence-corrected chi connectivity index (χ1v) is 8.52. The Kier molecular flexibility index (Phi) is 3.78. The number of carbonyl (C=O) groups is 1. The SMILES string of the molecule is COc1ccc(C2CC(=O)Nc3c(-c4ccccc4)nsc32)cc1. The second kappa shape index (κ2) is 6.09. The Labute approximate surface area is 144 Å². The van der Waals surface area contributed by atoms with Crippen LogP contribution in [0, 0.1) is 0 Å². The molecule has 1 aliphatic heterocycles. The monoisotopic (exact) mass is 336 g/mol. The average Bonchev–Trinajstić information content (AvgIpc) is 3.05. The van der Waals surface area contributed by atoms with Gasteiger partial charge in [0.1, 0.15) is 11.4 Å². The van der Waals surface area contributed by atoms with Crippen LogP contribution in [-0.2, 0) is 4.79 Å². The van der Waals surface area contributed by atoms with Crippen LogP contribution >= 0.6 is 11.5 Å². The Morgan fingerprint density at radius 1 is 1.12 bits per heavy atom. The lowest BCUT2D eigenvalue weighted by Gasteiger charge is -2.23. The fourth-order valence-electron chi connectivity index (χ4n) is 3.03. The molecule has 1 aliphatic rings. The number of nitrogens with one attached hydrogen (secondary N) is 1. The summed E-state index contributed by atoms with van der Waals surface area (Å²) >= 11 is 1.47. The van der Waals surface area contributed by atoms with Crippen molar-refractivity contribution in [3.8, 4) is 17.0 Å². The van der Waals surface area contributed by atoms with Crippen molar-refractivity contribution in [3.63, 3.8) is 0 Å². The van der Waals surface area contributed by atoms with Crippen molar-refractivity contribution in [3.05, 3.63) is 65.0 Å². The molecular formula is C19H16N2O2S. The zero-order chi connectivity index (χ0) is 16.5. The lowest BCUT2D eigenvalue weighted by atomic mass is 9.89. The van der Waals surface area contributed by atoms with Crippen LogP contribution in [0.1, 0.15) is 22.8 Å². The zero-order valence-corrected chi connectivity index (χ0v) is 14.0. The molecule has 1 unspecified atom stereocenters. The number of benzene rings is 2. The van der Waals surface area contributed by atoms with Gasteiger partial charge in [0.05, 0.1) is 17.7 Å². The third-order valence-electron chi connectivity index (χ3n) is 4.25. The first-order chi connectivity index (χ1) is 11.8. The van der Waals surface area contributed by atoms with Crippen molar-refractivity contribution < 1.29 is 9.53 Å². The molecule has 4 rings (SSSR count). The van der Waals surface area contributed by atoms with E-state index in [0.717, 1.165) is 33.1 Å². The van der Waals surface area contributed by atoms with E-state index < -0.39 is 0 Å². The number of aromatic nitrogens is 1. The number of rotatable bonds is 3. The van der Waals surface area contributed by atoms with E-state index in [9.17, 15) is 4.79 Å². The first kappa shape index (κ1) is 14.9. The highest BCUT2D eigenvalue weighted by Gasteiger charge is 2.31. The highest BCUT2D eigenvalue weighted by molar-refractivity contribution is 7.07. The molecule has 1 N–H and O–H groups in total. The Hall–Kier alpha value is -2.66. The molecule has 1 amide bonds. The lowest BCUT2D eigenvalue weighted by Crippen LogP contribution is -2.22. The van der Waals surface area contributed by atoms with Gasteiger partial charge in [0.15, 0.2) is 0 Å². The van der Waals surface area contributed by atoms with Crippen molar-refractivity contribution in [2.75, 3.05) is 12.4 Å². The molecule has 24 heavy (non-hydrogen) atoms. The first-order valence-electron chi connectivity index (χ1n) is 7.75. The van der Waals surface area contributed by atoms with E-state index in [0.29, 0.717) is 6.42 Å². The van der Waals surface area contributed by atoms with E-state index in [1.807, 2.05) is 54.6 Å². The number of nitrogens with zero attached hydrogens (tertiary/aromatic N) is 1. The van der Waals surface area contributed by atoms with Gasteiger partial charge in [-0.15, -0.1) is 0 Å². The van der Waals surface area contributed by atoms with Gasteiger partial charge in [0, 0.05) is 17.9 Å². The summed E-state index contributed by atoms with van der Waals surface area (Å²) in [5, 5.41) is 3.01. The average molecular weight is 336 g/mol. The number of methoxy groups -OCH3 is 1. The van der Waals surface area contributed by atoms with Crippen LogP contribution in [0.2, 0.25) is 0 Å². The number of hydrogen-bond acceptors (Lipinski definition) is 4. The molecule has 1 atom stereocenters. The fourth-order valence-corrected chi connectivity index (χ4v) is 4.00. The Bertz CT molecular complexity index is 872. The molecule has 1 aromatic heterocycles. The molecule has 2 heterocycles. The van der Waals surface area contributed by atoms with Crippen LogP contribution in [0.15, 0.2) is 54.6 Å². The maximum atomic E-state index is 12.3. The molecule has 0 spiro atoms. The van der Waals surface area contributed by atoms with Crippen LogP contribution in [0.5, 0.6) is 5.75 Å². The summed E-state index contributed by atoms with van der Waals surface area (Å²) in [5.74, 6) is 0.879. The number of anilines is 1. The smallest absolute Gasteiger partial charge is 0.225 e. The summed E-state index contributed by atoms with van der Waals surface area (Å²) in [6, 6.07) is 17.9. The lowest BCUT2D eigenvalue weighted by molar-refractivity contribution is -0.116. The van der Waals surface area contributed by atoms with Gasteiger partial charge in [-0.2, -0.15) is 4.37 Å². The molecule has 0 aliphatic carbocycles. The highest BCUT2D eigenvalue weighted by Crippen LogP contribution is 2.44. The maximum absolute atomic E-state index is 12.3. The van der Waals surface area contributed by atoms with Gasteiger partial charge in [0.25, 0.3) is 0 Å². The maximum Gasteiger partial charge on any atom is 0.225 e. The zero-order valence-electron chi connectivity index (χ0n) is 13.2. The van der Waals surface area contributed by atoms with Crippen molar-refractivity contribution in [1.82, 2.24) is 4.37 Å². The van der Waals surface area contributed by atoms with Crippen LogP contribution < -0.4 is 10.1 Å². The van der Waals surface area contributed by atoms with E-state index in [4.69, 9.17) is 4.74 Å². The van der Waals surface area contributed by atoms with Gasteiger partial charge >= 0.3 is 0 Å². The van der Waals surface area contributed by atoms with Gasteiger partial charge in [-0.1, -0.05) is 42.5 Å². The number of carbonyl (C=O) groups excluding carboxylic acids is 1. The van der Waals surface area contributed by atoms with Gasteiger partial charge < -0.3 is 10.1 Å². The molecule has 0 bridgehead atoms. The molecule has 5 heteroatoms. The van der Waals surface area contributed by atoms with Gasteiger partial charge in [-0.25, -0.2) is 0 Å². The van der Waals surface area contributed by atoms with Crippen LogP contribution in [0.25, 0.3) is 11.3 Å². The number of hydrogen-bond donors (Lipinski definition) is 1. The molecule has 0 radical (unpaired) electrons. The minimum atomic E-state index is 0.0284. The second-order valence-corrected chi connectivity index (χ2v) is 6.52. The summed E-state index contributed by atoms with van der Waals surface area (Å²) in [7, 11) is 1.65. The van der Waals surface area contributed by atoms with Crippen LogP contribution in [0.4, 0.5) is 5.69 Å². The van der Waals surface area contributed by atoms with E-state index in [-0.39, 0.29) is 11.8 Å². The van der Waals surface area contributed by atoms with Gasteiger partial charge in [-0.05, 0) is 29.2 Å². The molecule has 3 aromatic rings. The third kappa shape index (κ3) is 2.57. The van der Waals surface area contributed by atoms with Gasteiger partial charge in [-0.3, -0.25) is 4.79 Å². The molecule has 2 aromatic carbocycles. The Balaban J connectivity index is 1.78.